The molecule has 1 amide bonds. The third-order valence-electron chi connectivity index (χ3n) is 6.14. The molecule has 2 aromatic carbocycles. The first-order valence-electron chi connectivity index (χ1n) is 12.1. The fourth-order valence-corrected chi connectivity index (χ4v) is 4.17. The lowest BCUT2D eigenvalue weighted by Gasteiger charge is -2.13. The molecule has 0 spiro atoms. The Morgan fingerprint density at radius 3 is 2.59 bits per heavy atom. The predicted molar refractivity (Wildman–Crippen MR) is 139 cm³/mol. The van der Waals surface area contributed by atoms with E-state index in [0.29, 0.717) is 5.56 Å². The van der Waals surface area contributed by atoms with Gasteiger partial charge < -0.3 is 10.3 Å². The largest absolute Gasteiger partial charge is 0.344 e. The van der Waals surface area contributed by atoms with Crippen molar-refractivity contribution in [3.8, 4) is 22.6 Å². The van der Waals surface area contributed by atoms with Gasteiger partial charge in [0.05, 0.1) is 17.0 Å². The minimum absolute atomic E-state index is 0.124. The Labute approximate surface area is 201 Å². The van der Waals surface area contributed by atoms with Crippen molar-refractivity contribution in [2.75, 3.05) is 5.32 Å². The van der Waals surface area contributed by atoms with Crippen molar-refractivity contribution in [3.05, 3.63) is 89.9 Å². The molecule has 4 aromatic rings. The number of aromatic nitrogens is 3. The molecule has 0 radical (unpaired) electrons. The standard InChI is InChI=1S/C29H32N4O/c1-3-4-5-6-10-17-26-24(16-12-19-30-26)29(34)33-25-18-11-15-23(21(25)2)28-31-20-27(32-28)22-13-8-7-9-14-22/h7-9,11-16,18-20H,3-6,10,17H2,1-2H3,(H,31,32)(H,33,34). The van der Waals surface area contributed by atoms with Crippen molar-refractivity contribution < 1.29 is 4.79 Å². The van der Waals surface area contributed by atoms with Gasteiger partial charge >= 0.3 is 0 Å². The van der Waals surface area contributed by atoms with Crippen molar-refractivity contribution in [3.63, 3.8) is 0 Å². The predicted octanol–water partition coefficient (Wildman–Crippen LogP) is 7.21. The molecule has 0 aliphatic rings. The van der Waals surface area contributed by atoms with E-state index in [2.05, 4.69) is 22.2 Å². The molecule has 0 saturated carbocycles. The first-order valence-corrected chi connectivity index (χ1v) is 12.1. The summed E-state index contributed by atoms with van der Waals surface area (Å²) < 4.78 is 0. The third-order valence-corrected chi connectivity index (χ3v) is 6.14. The van der Waals surface area contributed by atoms with E-state index in [9.17, 15) is 4.79 Å². The van der Waals surface area contributed by atoms with Gasteiger partial charge in [0, 0.05) is 29.2 Å². The monoisotopic (exact) mass is 452 g/mol. The molecule has 174 valence electrons. The maximum absolute atomic E-state index is 13.2. The summed E-state index contributed by atoms with van der Waals surface area (Å²) in [5.41, 5.74) is 6.17. The molecule has 0 aliphatic carbocycles. The van der Waals surface area contributed by atoms with E-state index in [1.54, 1.807) is 6.20 Å². The molecule has 5 heteroatoms. The van der Waals surface area contributed by atoms with E-state index in [4.69, 9.17) is 4.98 Å². The number of nitrogens with one attached hydrogen (secondary N) is 2. The minimum atomic E-state index is -0.124. The van der Waals surface area contributed by atoms with E-state index >= 15 is 0 Å². The van der Waals surface area contributed by atoms with Crippen LogP contribution >= 0.6 is 0 Å². The van der Waals surface area contributed by atoms with Crippen molar-refractivity contribution in [1.29, 1.82) is 0 Å². The maximum Gasteiger partial charge on any atom is 0.257 e. The molecule has 5 nitrogen and oxygen atoms in total. The first-order chi connectivity index (χ1) is 16.7. The molecule has 2 heterocycles. The molecule has 4 rings (SSSR count). The summed E-state index contributed by atoms with van der Waals surface area (Å²) in [6.45, 7) is 4.22. The summed E-state index contributed by atoms with van der Waals surface area (Å²) in [5, 5.41) is 3.11. The number of pyridine rings is 1. The number of rotatable bonds is 10. The van der Waals surface area contributed by atoms with Gasteiger partial charge in [-0.05, 0) is 43.5 Å². The Morgan fingerprint density at radius 2 is 1.76 bits per heavy atom. The molecule has 0 saturated heterocycles. The van der Waals surface area contributed by atoms with Gasteiger partial charge in [0.2, 0.25) is 0 Å². The van der Waals surface area contributed by atoms with Crippen LogP contribution in [0.3, 0.4) is 0 Å². The summed E-state index contributed by atoms with van der Waals surface area (Å²) in [6.07, 6.45) is 10.4. The highest BCUT2D eigenvalue weighted by molar-refractivity contribution is 6.05. The highest BCUT2D eigenvalue weighted by Crippen LogP contribution is 2.29. The second kappa shape index (κ2) is 11.4. The number of imidazole rings is 1. The van der Waals surface area contributed by atoms with Gasteiger partial charge in [0.15, 0.2) is 0 Å². The molecular formula is C29H32N4O. The zero-order chi connectivity index (χ0) is 23.8. The van der Waals surface area contributed by atoms with Gasteiger partial charge in [-0.25, -0.2) is 4.98 Å². The second-order valence-corrected chi connectivity index (χ2v) is 8.59. The molecule has 2 N–H and O–H groups in total. The van der Waals surface area contributed by atoms with Crippen LogP contribution in [-0.4, -0.2) is 20.9 Å². The van der Waals surface area contributed by atoms with Crippen LogP contribution in [0.25, 0.3) is 22.6 Å². The van der Waals surface area contributed by atoms with Gasteiger partial charge in [-0.15, -0.1) is 0 Å². The zero-order valence-corrected chi connectivity index (χ0v) is 20.0. The normalized spacial score (nSPS) is 10.9. The van der Waals surface area contributed by atoms with Gasteiger partial charge in [0.25, 0.3) is 5.91 Å². The van der Waals surface area contributed by atoms with Crippen molar-refractivity contribution in [2.24, 2.45) is 0 Å². The van der Waals surface area contributed by atoms with E-state index in [1.165, 1.54) is 25.7 Å². The molecule has 0 atom stereocenters. The summed E-state index contributed by atoms with van der Waals surface area (Å²) in [4.78, 5) is 25.8. The highest BCUT2D eigenvalue weighted by atomic mass is 16.1. The molecule has 0 aliphatic heterocycles. The fraction of sp³-hybridized carbons (Fsp3) is 0.276. The van der Waals surface area contributed by atoms with E-state index < -0.39 is 0 Å². The number of benzene rings is 2. The average Bonchev–Trinajstić information content (AvgIpc) is 3.36. The molecule has 2 aromatic heterocycles. The Hall–Kier alpha value is -3.73. The van der Waals surface area contributed by atoms with Gasteiger partial charge in [0.1, 0.15) is 5.82 Å². The quantitative estimate of drug-likeness (QED) is 0.250. The summed E-state index contributed by atoms with van der Waals surface area (Å²) in [5.74, 6) is 0.655. The molecule has 0 fully saturated rings. The molecule has 0 bridgehead atoms. The fourth-order valence-electron chi connectivity index (χ4n) is 4.17. The number of anilines is 1. The van der Waals surface area contributed by atoms with Crippen LogP contribution in [0.2, 0.25) is 0 Å². The van der Waals surface area contributed by atoms with Crippen molar-refractivity contribution in [2.45, 2.75) is 52.4 Å². The Morgan fingerprint density at radius 1 is 0.941 bits per heavy atom. The number of hydrogen-bond acceptors (Lipinski definition) is 3. The Balaban J connectivity index is 1.50. The molecular weight excluding hydrogens is 420 g/mol. The molecule has 0 unspecified atom stereocenters. The number of hydrogen-bond donors (Lipinski definition) is 2. The SMILES string of the molecule is CCCCCCCc1ncccc1C(=O)Nc1cccc(-c2nc(-c3ccccc3)c[nH]2)c1C. The molecule has 34 heavy (non-hydrogen) atoms. The van der Waals surface area contributed by atoms with Gasteiger partial charge in [-0.3, -0.25) is 9.78 Å². The number of aromatic amines is 1. The Bertz CT molecular complexity index is 1230. The summed E-state index contributed by atoms with van der Waals surface area (Å²) >= 11 is 0. The van der Waals surface area contributed by atoms with Crippen LogP contribution < -0.4 is 5.32 Å². The number of unbranched alkanes of at least 4 members (excludes halogenated alkanes) is 4. The third kappa shape index (κ3) is 5.60. The minimum Gasteiger partial charge on any atom is -0.344 e. The zero-order valence-electron chi connectivity index (χ0n) is 20.0. The van der Waals surface area contributed by atoms with Crippen LogP contribution in [0, 0.1) is 6.92 Å². The van der Waals surface area contributed by atoms with Crippen LogP contribution in [0.15, 0.2) is 73.1 Å². The van der Waals surface area contributed by atoms with Crippen LogP contribution in [0.1, 0.15) is 60.6 Å². The van der Waals surface area contributed by atoms with Crippen molar-refractivity contribution in [1.82, 2.24) is 15.0 Å². The maximum atomic E-state index is 13.2. The highest BCUT2D eigenvalue weighted by Gasteiger charge is 2.16. The van der Waals surface area contributed by atoms with Crippen LogP contribution in [0.4, 0.5) is 5.69 Å². The summed E-state index contributed by atoms with van der Waals surface area (Å²) in [6, 6.07) is 19.7. The summed E-state index contributed by atoms with van der Waals surface area (Å²) in [7, 11) is 0. The lowest BCUT2D eigenvalue weighted by Crippen LogP contribution is -2.16. The topological polar surface area (TPSA) is 70.7 Å². The van der Waals surface area contributed by atoms with Gasteiger partial charge in [-0.2, -0.15) is 0 Å². The van der Waals surface area contributed by atoms with E-state index in [1.807, 2.05) is 73.8 Å². The first kappa shape index (κ1) is 23.4. The number of nitrogens with zero attached hydrogens (tertiary/aromatic N) is 2. The second-order valence-electron chi connectivity index (χ2n) is 8.59. The number of carbonyl (C=O) groups excluding carboxylic acids is 1. The Kier molecular flexibility index (Phi) is 7.87. The van der Waals surface area contributed by atoms with Gasteiger partial charge in [-0.1, -0.05) is 75.1 Å². The van der Waals surface area contributed by atoms with Crippen LogP contribution in [0.5, 0.6) is 0 Å². The number of carbonyl (C=O) groups is 1. The lowest BCUT2D eigenvalue weighted by molar-refractivity contribution is 0.102. The lowest BCUT2D eigenvalue weighted by atomic mass is 10.0. The number of H-pyrrole nitrogens is 1. The number of amides is 1. The van der Waals surface area contributed by atoms with E-state index in [0.717, 1.165) is 52.4 Å². The number of aryl methyl sites for hydroxylation is 1. The van der Waals surface area contributed by atoms with Crippen molar-refractivity contribution >= 4 is 11.6 Å². The van der Waals surface area contributed by atoms with Crippen LogP contribution in [-0.2, 0) is 6.42 Å². The van der Waals surface area contributed by atoms with E-state index in [-0.39, 0.29) is 5.91 Å². The smallest absolute Gasteiger partial charge is 0.257 e. The average molecular weight is 453 g/mol.